The largest absolute Gasteiger partial charge is 0.307 e. The van der Waals surface area contributed by atoms with E-state index in [1.54, 1.807) is 35.2 Å². The molecule has 0 fully saturated rings. The third-order valence-electron chi connectivity index (χ3n) is 3.49. The van der Waals surface area contributed by atoms with Crippen molar-refractivity contribution in [3.63, 3.8) is 0 Å². The lowest BCUT2D eigenvalue weighted by Crippen LogP contribution is -2.13. The van der Waals surface area contributed by atoms with Gasteiger partial charge < -0.3 is 5.32 Å². The predicted octanol–water partition coefficient (Wildman–Crippen LogP) is 4.48. The fourth-order valence-electron chi connectivity index (χ4n) is 2.28. The first kappa shape index (κ1) is 17.1. The molecule has 0 saturated heterocycles. The molecule has 0 atom stereocenters. The zero-order chi connectivity index (χ0) is 17.6. The third-order valence-corrected chi connectivity index (χ3v) is 4.02. The van der Waals surface area contributed by atoms with Crippen molar-refractivity contribution >= 4 is 33.7 Å². The SMILES string of the molecule is O=C(/C=C/c1cccc(F)c1)Nc1ccnn1Cc1ccc(Br)cc1. The minimum Gasteiger partial charge on any atom is -0.307 e. The van der Waals surface area contributed by atoms with Crippen molar-refractivity contribution in [3.8, 4) is 0 Å². The maximum absolute atomic E-state index is 13.1. The molecular formula is C19H15BrFN3O. The molecule has 1 amide bonds. The molecule has 3 rings (SSSR count). The first-order valence-electron chi connectivity index (χ1n) is 7.61. The van der Waals surface area contributed by atoms with Crippen LogP contribution in [0, 0.1) is 5.82 Å². The van der Waals surface area contributed by atoms with E-state index in [1.165, 1.54) is 18.2 Å². The lowest BCUT2D eigenvalue weighted by Gasteiger charge is -2.08. The van der Waals surface area contributed by atoms with Crippen LogP contribution in [-0.2, 0) is 11.3 Å². The second-order valence-corrected chi connectivity index (χ2v) is 6.29. The molecule has 1 N–H and O–H groups in total. The molecule has 2 aromatic carbocycles. The Kier molecular flexibility index (Phi) is 5.40. The van der Waals surface area contributed by atoms with Gasteiger partial charge in [0.15, 0.2) is 0 Å². The molecule has 0 spiro atoms. The molecule has 0 radical (unpaired) electrons. The van der Waals surface area contributed by atoms with E-state index in [2.05, 4.69) is 26.3 Å². The number of rotatable bonds is 5. The van der Waals surface area contributed by atoms with E-state index in [4.69, 9.17) is 0 Å². The number of halogens is 2. The first-order chi connectivity index (χ1) is 12.1. The normalized spacial score (nSPS) is 11.0. The van der Waals surface area contributed by atoms with Crippen LogP contribution in [0.2, 0.25) is 0 Å². The van der Waals surface area contributed by atoms with E-state index in [0.717, 1.165) is 10.0 Å². The van der Waals surface area contributed by atoms with Crippen LogP contribution in [0.1, 0.15) is 11.1 Å². The monoisotopic (exact) mass is 399 g/mol. The predicted molar refractivity (Wildman–Crippen MR) is 99.5 cm³/mol. The summed E-state index contributed by atoms with van der Waals surface area (Å²) in [7, 11) is 0. The maximum Gasteiger partial charge on any atom is 0.249 e. The molecule has 0 aliphatic heterocycles. The number of nitrogens with one attached hydrogen (secondary N) is 1. The fourth-order valence-corrected chi connectivity index (χ4v) is 2.54. The summed E-state index contributed by atoms with van der Waals surface area (Å²) < 4.78 is 15.8. The van der Waals surface area contributed by atoms with Gasteiger partial charge in [-0.1, -0.05) is 40.2 Å². The molecule has 3 aromatic rings. The molecule has 1 heterocycles. The Morgan fingerprint density at radius 2 is 2.00 bits per heavy atom. The summed E-state index contributed by atoms with van der Waals surface area (Å²) >= 11 is 3.40. The topological polar surface area (TPSA) is 46.9 Å². The number of benzene rings is 2. The van der Waals surface area contributed by atoms with Gasteiger partial charge in [0.1, 0.15) is 11.6 Å². The van der Waals surface area contributed by atoms with E-state index in [-0.39, 0.29) is 11.7 Å². The van der Waals surface area contributed by atoms with Crippen molar-refractivity contribution in [3.05, 3.63) is 88.3 Å². The van der Waals surface area contributed by atoms with E-state index in [1.807, 2.05) is 24.3 Å². The van der Waals surface area contributed by atoms with Gasteiger partial charge in [-0.2, -0.15) is 5.10 Å². The zero-order valence-corrected chi connectivity index (χ0v) is 14.8. The smallest absolute Gasteiger partial charge is 0.249 e. The van der Waals surface area contributed by atoms with E-state index in [0.29, 0.717) is 17.9 Å². The van der Waals surface area contributed by atoms with Crippen molar-refractivity contribution in [1.82, 2.24) is 9.78 Å². The molecule has 25 heavy (non-hydrogen) atoms. The van der Waals surface area contributed by atoms with Gasteiger partial charge >= 0.3 is 0 Å². The summed E-state index contributed by atoms with van der Waals surface area (Å²) in [5, 5.41) is 7.01. The Balaban J connectivity index is 1.66. The summed E-state index contributed by atoms with van der Waals surface area (Å²) in [4.78, 5) is 12.1. The summed E-state index contributed by atoms with van der Waals surface area (Å²) in [6.45, 7) is 0.545. The van der Waals surface area contributed by atoms with Gasteiger partial charge in [0.05, 0.1) is 12.7 Å². The Bertz CT molecular complexity index is 903. The molecule has 4 nitrogen and oxygen atoms in total. The van der Waals surface area contributed by atoms with Gasteiger partial charge in [0.2, 0.25) is 5.91 Å². The standard InChI is InChI=1S/C19H15BrFN3O/c20-16-7-4-15(5-8-16)13-24-18(10-11-22-24)23-19(25)9-6-14-2-1-3-17(21)12-14/h1-12H,13H2,(H,23,25)/b9-6+. The van der Waals surface area contributed by atoms with Gasteiger partial charge in [0.25, 0.3) is 0 Å². The molecule has 0 aliphatic carbocycles. The summed E-state index contributed by atoms with van der Waals surface area (Å²) in [5.74, 6) is -0.0474. The quantitative estimate of drug-likeness (QED) is 0.642. The number of carbonyl (C=O) groups is 1. The average Bonchev–Trinajstić information content (AvgIpc) is 3.02. The van der Waals surface area contributed by atoms with Crippen LogP contribution in [-0.4, -0.2) is 15.7 Å². The van der Waals surface area contributed by atoms with E-state index < -0.39 is 0 Å². The second kappa shape index (κ2) is 7.90. The second-order valence-electron chi connectivity index (χ2n) is 5.38. The van der Waals surface area contributed by atoms with Crippen molar-refractivity contribution in [2.75, 3.05) is 5.32 Å². The Labute approximate surface area is 153 Å². The number of nitrogens with zero attached hydrogens (tertiary/aromatic N) is 2. The molecular weight excluding hydrogens is 385 g/mol. The summed E-state index contributed by atoms with van der Waals surface area (Å²) in [6.07, 6.45) is 4.56. The molecule has 6 heteroatoms. The van der Waals surface area contributed by atoms with Gasteiger partial charge in [0, 0.05) is 16.6 Å². The van der Waals surface area contributed by atoms with Gasteiger partial charge in [-0.25, -0.2) is 9.07 Å². The van der Waals surface area contributed by atoms with Crippen LogP contribution >= 0.6 is 15.9 Å². The van der Waals surface area contributed by atoms with Crippen molar-refractivity contribution in [1.29, 1.82) is 0 Å². The van der Waals surface area contributed by atoms with Gasteiger partial charge in [-0.15, -0.1) is 0 Å². The highest BCUT2D eigenvalue weighted by molar-refractivity contribution is 9.10. The highest BCUT2D eigenvalue weighted by Gasteiger charge is 2.06. The maximum atomic E-state index is 13.1. The zero-order valence-electron chi connectivity index (χ0n) is 13.2. The Morgan fingerprint density at radius 3 is 2.76 bits per heavy atom. The minimum absolute atomic E-state index is 0.304. The van der Waals surface area contributed by atoms with Crippen LogP contribution in [0.15, 0.2) is 71.3 Å². The highest BCUT2D eigenvalue weighted by Crippen LogP contribution is 2.14. The molecule has 0 aliphatic rings. The Hall–Kier alpha value is -2.73. The average molecular weight is 400 g/mol. The molecule has 0 bridgehead atoms. The Morgan fingerprint density at radius 1 is 1.20 bits per heavy atom. The lowest BCUT2D eigenvalue weighted by atomic mass is 10.2. The first-order valence-corrected chi connectivity index (χ1v) is 8.40. The van der Waals surface area contributed by atoms with Gasteiger partial charge in [-0.3, -0.25) is 4.79 Å². The molecule has 0 unspecified atom stereocenters. The van der Waals surface area contributed by atoms with Crippen LogP contribution < -0.4 is 5.32 Å². The summed E-state index contributed by atoms with van der Waals surface area (Å²) in [5.41, 5.74) is 1.69. The molecule has 1 aromatic heterocycles. The number of amides is 1. The molecule has 0 saturated carbocycles. The molecule has 126 valence electrons. The van der Waals surface area contributed by atoms with Crippen molar-refractivity contribution < 1.29 is 9.18 Å². The van der Waals surface area contributed by atoms with Crippen molar-refractivity contribution in [2.45, 2.75) is 6.54 Å². The van der Waals surface area contributed by atoms with Crippen LogP contribution in [0.3, 0.4) is 0 Å². The lowest BCUT2D eigenvalue weighted by molar-refractivity contribution is -0.111. The van der Waals surface area contributed by atoms with E-state index in [9.17, 15) is 9.18 Å². The highest BCUT2D eigenvalue weighted by atomic mass is 79.9. The number of hydrogen-bond acceptors (Lipinski definition) is 2. The third kappa shape index (κ3) is 4.87. The number of anilines is 1. The van der Waals surface area contributed by atoms with Crippen LogP contribution in [0.25, 0.3) is 6.08 Å². The van der Waals surface area contributed by atoms with Gasteiger partial charge in [-0.05, 0) is 41.5 Å². The number of carbonyl (C=O) groups excluding carboxylic acids is 1. The summed E-state index contributed by atoms with van der Waals surface area (Å²) in [6, 6.07) is 15.7. The van der Waals surface area contributed by atoms with E-state index >= 15 is 0 Å². The fraction of sp³-hybridized carbons (Fsp3) is 0.0526. The number of hydrogen-bond donors (Lipinski definition) is 1. The minimum atomic E-state index is -0.338. The van der Waals surface area contributed by atoms with Crippen LogP contribution in [0.5, 0.6) is 0 Å². The number of aromatic nitrogens is 2. The van der Waals surface area contributed by atoms with Crippen LogP contribution in [0.4, 0.5) is 10.2 Å². The van der Waals surface area contributed by atoms with Crippen molar-refractivity contribution in [2.24, 2.45) is 0 Å².